The summed E-state index contributed by atoms with van der Waals surface area (Å²) in [4.78, 5) is 8.04. The van der Waals surface area contributed by atoms with Gasteiger partial charge in [-0.1, -0.05) is 6.07 Å². The third kappa shape index (κ3) is 4.11. The Bertz CT molecular complexity index is 794. The van der Waals surface area contributed by atoms with Crippen molar-refractivity contribution in [2.75, 3.05) is 0 Å². The standard InChI is InChI=1S/C16H15F3N4O/c1-8(20)5-13(21)23-14-4-2-3-12(22-14)16(24)9-6-10(17)15(19)11(18)7-9/h2-7,16,24H,20H2,1H3,(H2,21,22,23)/b8-5-. The van der Waals surface area contributed by atoms with Crippen LogP contribution in [-0.4, -0.2) is 15.9 Å². The molecule has 1 atom stereocenters. The molecule has 1 heterocycles. The molecule has 5 nitrogen and oxygen atoms in total. The number of rotatable bonds is 4. The summed E-state index contributed by atoms with van der Waals surface area (Å²) in [6, 6.07) is 5.90. The van der Waals surface area contributed by atoms with Gasteiger partial charge in [-0.2, -0.15) is 0 Å². The number of aromatic nitrogens is 1. The first kappa shape index (κ1) is 17.5. The van der Waals surface area contributed by atoms with Gasteiger partial charge in [0.25, 0.3) is 0 Å². The van der Waals surface area contributed by atoms with Crippen LogP contribution in [0.25, 0.3) is 0 Å². The summed E-state index contributed by atoms with van der Waals surface area (Å²) < 4.78 is 39.6. The van der Waals surface area contributed by atoms with Crippen molar-refractivity contribution in [1.82, 2.24) is 4.98 Å². The Balaban J connectivity index is 2.36. The highest BCUT2D eigenvalue weighted by Gasteiger charge is 2.18. The summed E-state index contributed by atoms with van der Waals surface area (Å²) >= 11 is 0. The maximum Gasteiger partial charge on any atom is 0.194 e. The Kier molecular flexibility index (Phi) is 5.20. The second-order valence-corrected chi connectivity index (χ2v) is 5.05. The lowest BCUT2D eigenvalue weighted by atomic mass is 10.1. The summed E-state index contributed by atoms with van der Waals surface area (Å²) in [5.41, 5.74) is 11.5. The van der Waals surface area contributed by atoms with Crippen molar-refractivity contribution in [2.24, 2.45) is 16.5 Å². The van der Waals surface area contributed by atoms with Crippen molar-refractivity contribution in [3.63, 3.8) is 0 Å². The van der Waals surface area contributed by atoms with Crippen molar-refractivity contribution in [2.45, 2.75) is 13.0 Å². The Morgan fingerprint density at radius 2 is 1.83 bits per heavy atom. The molecule has 0 radical (unpaired) electrons. The van der Waals surface area contributed by atoms with Gasteiger partial charge in [0.05, 0.1) is 5.69 Å². The van der Waals surface area contributed by atoms with Gasteiger partial charge >= 0.3 is 0 Å². The van der Waals surface area contributed by atoms with E-state index in [4.69, 9.17) is 11.5 Å². The molecule has 1 aromatic carbocycles. The van der Waals surface area contributed by atoms with Gasteiger partial charge in [0.2, 0.25) is 0 Å². The molecule has 0 bridgehead atoms. The van der Waals surface area contributed by atoms with Crippen LogP contribution < -0.4 is 11.5 Å². The van der Waals surface area contributed by atoms with Gasteiger partial charge in [0.1, 0.15) is 11.9 Å². The fourth-order valence-electron chi connectivity index (χ4n) is 1.96. The highest BCUT2D eigenvalue weighted by Crippen LogP contribution is 2.25. The molecule has 5 N–H and O–H groups in total. The van der Waals surface area contributed by atoms with Gasteiger partial charge in [0.15, 0.2) is 23.3 Å². The number of amidine groups is 1. The number of allylic oxidation sites excluding steroid dienone is 1. The molecule has 0 aliphatic heterocycles. The summed E-state index contributed by atoms with van der Waals surface area (Å²) in [6.07, 6.45) is -0.0343. The lowest BCUT2D eigenvalue weighted by molar-refractivity contribution is 0.214. The number of pyridine rings is 1. The molecule has 2 aromatic rings. The van der Waals surface area contributed by atoms with E-state index in [1.165, 1.54) is 24.3 Å². The van der Waals surface area contributed by atoms with E-state index in [0.29, 0.717) is 17.8 Å². The van der Waals surface area contributed by atoms with Gasteiger partial charge < -0.3 is 16.6 Å². The number of hydrogen-bond acceptors (Lipinski definition) is 4. The lowest BCUT2D eigenvalue weighted by Gasteiger charge is -2.11. The number of aliphatic hydroxyl groups excluding tert-OH is 1. The van der Waals surface area contributed by atoms with Crippen LogP contribution in [0.4, 0.5) is 19.0 Å². The third-order valence-electron chi connectivity index (χ3n) is 2.98. The number of halogens is 3. The molecule has 126 valence electrons. The minimum absolute atomic E-state index is 0.0721. The van der Waals surface area contributed by atoms with Gasteiger partial charge in [-0.25, -0.2) is 23.1 Å². The second kappa shape index (κ2) is 7.14. The van der Waals surface area contributed by atoms with Crippen LogP contribution in [0.15, 0.2) is 47.1 Å². The third-order valence-corrected chi connectivity index (χ3v) is 2.98. The highest BCUT2D eigenvalue weighted by atomic mass is 19.2. The van der Waals surface area contributed by atoms with E-state index in [0.717, 1.165) is 0 Å². The average Bonchev–Trinajstić information content (AvgIpc) is 2.50. The molecule has 0 saturated heterocycles. The maximum atomic E-state index is 13.3. The number of nitrogens with zero attached hydrogens (tertiary/aromatic N) is 2. The van der Waals surface area contributed by atoms with Crippen LogP contribution >= 0.6 is 0 Å². The molecule has 0 spiro atoms. The first-order valence-corrected chi connectivity index (χ1v) is 6.85. The molecule has 0 aliphatic rings. The minimum atomic E-state index is -1.60. The van der Waals surface area contributed by atoms with E-state index >= 15 is 0 Å². The molecule has 1 unspecified atom stereocenters. The van der Waals surface area contributed by atoms with Crippen LogP contribution in [0.2, 0.25) is 0 Å². The zero-order valence-corrected chi connectivity index (χ0v) is 12.7. The van der Waals surface area contributed by atoms with Gasteiger partial charge in [-0.3, -0.25) is 0 Å². The fraction of sp³-hybridized carbons (Fsp3) is 0.125. The molecule has 0 fully saturated rings. The predicted molar refractivity (Wildman–Crippen MR) is 83.8 cm³/mol. The Morgan fingerprint density at radius 3 is 2.42 bits per heavy atom. The van der Waals surface area contributed by atoms with Crippen molar-refractivity contribution in [1.29, 1.82) is 0 Å². The molecule has 0 aliphatic carbocycles. The van der Waals surface area contributed by atoms with Crippen molar-refractivity contribution in [3.8, 4) is 0 Å². The largest absolute Gasteiger partial charge is 0.402 e. The van der Waals surface area contributed by atoms with E-state index in [2.05, 4.69) is 9.98 Å². The van der Waals surface area contributed by atoms with E-state index in [1.807, 2.05) is 0 Å². The normalized spacial score (nSPS) is 13.9. The number of aliphatic hydroxyl groups is 1. The summed E-state index contributed by atoms with van der Waals surface area (Å²) in [6.45, 7) is 1.63. The first-order chi connectivity index (χ1) is 11.3. The zero-order valence-electron chi connectivity index (χ0n) is 12.7. The fourth-order valence-corrected chi connectivity index (χ4v) is 1.96. The zero-order chi connectivity index (χ0) is 17.9. The first-order valence-electron chi connectivity index (χ1n) is 6.85. The van der Waals surface area contributed by atoms with Crippen molar-refractivity contribution >= 4 is 11.7 Å². The predicted octanol–water partition coefficient (Wildman–Crippen LogP) is 2.43. The minimum Gasteiger partial charge on any atom is -0.402 e. The molecule has 0 amide bonds. The Labute approximate surface area is 136 Å². The SMILES string of the molecule is C/C(N)=C/C(N)=N\c1cccc(C(O)c2cc(F)c(F)c(F)c2)n1. The number of benzene rings is 1. The molecule has 24 heavy (non-hydrogen) atoms. The summed E-state index contributed by atoms with van der Waals surface area (Å²) in [5.74, 6) is -4.12. The molecule has 8 heteroatoms. The smallest absolute Gasteiger partial charge is 0.194 e. The van der Waals surface area contributed by atoms with Gasteiger partial charge in [-0.05, 0) is 42.8 Å². The number of aliphatic imine (C=N–C) groups is 1. The number of nitrogens with two attached hydrogens (primary N) is 2. The highest BCUT2D eigenvalue weighted by molar-refractivity contribution is 5.93. The van der Waals surface area contributed by atoms with Crippen LogP contribution in [-0.2, 0) is 0 Å². The summed E-state index contributed by atoms with van der Waals surface area (Å²) in [5, 5.41) is 10.2. The van der Waals surface area contributed by atoms with E-state index in [1.54, 1.807) is 6.92 Å². The van der Waals surface area contributed by atoms with Gasteiger partial charge in [0, 0.05) is 5.70 Å². The lowest BCUT2D eigenvalue weighted by Crippen LogP contribution is -2.10. The molecular weight excluding hydrogens is 321 g/mol. The van der Waals surface area contributed by atoms with E-state index in [-0.39, 0.29) is 22.9 Å². The van der Waals surface area contributed by atoms with Crippen molar-refractivity contribution in [3.05, 3.63) is 70.8 Å². The van der Waals surface area contributed by atoms with Crippen LogP contribution in [0, 0.1) is 17.5 Å². The maximum absolute atomic E-state index is 13.3. The molecule has 2 rings (SSSR count). The molecule has 1 aromatic heterocycles. The molecular formula is C16H15F3N4O. The second-order valence-electron chi connectivity index (χ2n) is 5.05. The molecule has 0 saturated carbocycles. The van der Waals surface area contributed by atoms with E-state index in [9.17, 15) is 18.3 Å². The average molecular weight is 336 g/mol. The Morgan fingerprint density at radius 1 is 1.21 bits per heavy atom. The van der Waals surface area contributed by atoms with Crippen LogP contribution in [0.3, 0.4) is 0 Å². The topological polar surface area (TPSA) is 97.5 Å². The van der Waals surface area contributed by atoms with E-state index < -0.39 is 23.6 Å². The Hall–Kier alpha value is -2.87. The van der Waals surface area contributed by atoms with Crippen LogP contribution in [0.1, 0.15) is 24.3 Å². The van der Waals surface area contributed by atoms with Crippen molar-refractivity contribution < 1.29 is 18.3 Å². The van der Waals surface area contributed by atoms with Crippen LogP contribution in [0.5, 0.6) is 0 Å². The summed E-state index contributed by atoms with van der Waals surface area (Å²) in [7, 11) is 0. The number of hydrogen-bond donors (Lipinski definition) is 3. The quantitative estimate of drug-likeness (QED) is 0.454. The van der Waals surface area contributed by atoms with Gasteiger partial charge in [-0.15, -0.1) is 0 Å². The monoisotopic (exact) mass is 336 g/mol.